The van der Waals surface area contributed by atoms with Crippen LogP contribution in [0, 0.1) is 0 Å². The monoisotopic (exact) mass is 784 g/mol. The van der Waals surface area contributed by atoms with Gasteiger partial charge in [0.15, 0.2) is 0 Å². The zero-order chi connectivity index (χ0) is 39.8. The number of carboxylic acid groups (broad SMARTS) is 1. The Labute approximate surface area is 329 Å². The van der Waals surface area contributed by atoms with Crippen LogP contribution >= 0.6 is 7.82 Å². The number of rotatable bonds is 40. The van der Waals surface area contributed by atoms with Crippen LogP contribution in [0.1, 0.15) is 174 Å². The predicted molar refractivity (Wildman–Crippen MR) is 221 cm³/mol. The molecule has 0 amide bonds. The Hall–Kier alpha value is -2.07. The molecular weight excluding hydrogens is 705 g/mol. The Balaban J connectivity index is 4.28. The molecule has 11 heteroatoms. The van der Waals surface area contributed by atoms with Crippen molar-refractivity contribution >= 4 is 19.8 Å². The van der Waals surface area contributed by atoms with Crippen LogP contribution in [-0.4, -0.2) is 60.5 Å². The molecule has 314 valence electrons. The molecule has 0 rings (SSSR count). The van der Waals surface area contributed by atoms with Gasteiger partial charge in [-0.15, -0.1) is 0 Å². The van der Waals surface area contributed by atoms with Gasteiger partial charge >= 0.3 is 19.8 Å². The first-order valence-corrected chi connectivity index (χ1v) is 22.7. The van der Waals surface area contributed by atoms with Crippen molar-refractivity contribution in [3.05, 3.63) is 48.6 Å². The molecule has 0 radical (unpaired) electrons. The number of unbranched alkanes of at least 4 members (excludes halogenated alkanes) is 18. The van der Waals surface area contributed by atoms with Crippen molar-refractivity contribution in [1.82, 2.24) is 0 Å². The fourth-order valence-corrected chi connectivity index (χ4v) is 6.33. The van der Waals surface area contributed by atoms with Crippen molar-refractivity contribution in [2.24, 2.45) is 5.73 Å². The number of carbonyl (C=O) groups is 2. The molecule has 0 aliphatic heterocycles. The highest BCUT2D eigenvalue weighted by Crippen LogP contribution is 2.43. The summed E-state index contributed by atoms with van der Waals surface area (Å²) in [6.07, 6.45) is 44.4. The fraction of sp³-hybridized carbons (Fsp3) is 0.767. The Kier molecular flexibility index (Phi) is 37.7. The van der Waals surface area contributed by atoms with Crippen LogP contribution < -0.4 is 5.73 Å². The fourth-order valence-electron chi connectivity index (χ4n) is 5.55. The first-order chi connectivity index (χ1) is 26.2. The van der Waals surface area contributed by atoms with Crippen molar-refractivity contribution in [3.63, 3.8) is 0 Å². The summed E-state index contributed by atoms with van der Waals surface area (Å²) in [4.78, 5) is 33.5. The lowest BCUT2D eigenvalue weighted by molar-refractivity contribution is -0.154. The van der Waals surface area contributed by atoms with Gasteiger partial charge in [0.2, 0.25) is 0 Å². The second-order valence-electron chi connectivity index (χ2n) is 14.1. The third-order valence-corrected chi connectivity index (χ3v) is 9.79. The van der Waals surface area contributed by atoms with E-state index in [0.29, 0.717) is 13.0 Å². The third-order valence-electron chi connectivity index (χ3n) is 8.84. The van der Waals surface area contributed by atoms with Gasteiger partial charge in [0.05, 0.1) is 19.8 Å². The number of phosphoric ester groups is 1. The molecular formula is C43H78NO9P. The summed E-state index contributed by atoms with van der Waals surface area (Å²) in [6.45, 7) is 3.73. The summed E-state index contributed by atoms with van der Waals surface area (Å²) in [7, 11) is -4.62. The average molecular weight is 784 g/mol. The second kappa shape index (κ2) is 39.2. The van der Waals surface area contributed by atoms with Gasteiger partial charge in [-0.3, -0.25) is 18.6 Å². The smallest absolute Gasteiger partial charge is 0.472 e. The Morgan fingerprint density at radius 2 is 1.07 bits per heavy atom. The topological polar surface area (TPSA) is 155 Å². The summed E-state index contributed by atoms with van der Waals surface area (Å²) in [5.74, 6) is -1.79. The Morgan fingerprint density at radius 1 is 0.611 bits per heavy atom. The minimum absolute atomic E-state index is 0.00779. The molecule has 0 fully saturated rings. The number of allylic oxidation sites excluding steroid dienone is 8. The molecule has 0 saturated heterocycles. The number of aliphatic carboxylic acids is 1. The van der Waals surface area contributed by atoms with E-state index in [2.05, 4.69) is 62.5 Å². The van der Waals surface area contributed by atoms with Gasteiger partial charge in [-0.1, -0.05) is 146 Å². The van der Waals surface area contributed by atoms with Gasteiger partial charge in [-0.05, 0) is 70.6 Å². The Morgan fingerprint density at radius 3 is 1.63 bits per heavy atom. The molecule has 0 aromatic heterocycles. The van der Waals surface area contributed by atoms with E-state index < -0.39 is 45.1 Å². The number of carboxylic acids is 1. The van der Waals surface area contributed by atoms with Gasteiger partial charge in [-0.25, -0.2) is 4.57 Å². The zero-order valence-corrected chi connectivity index (χ0v) is 35.0. The van der Waals surface area contributed by atoms with Crippen LogP contribution in [0.25, 0.3) is 0 Å². The van der Waals surface area contributed by atoms with Crippen LogP contribution in [0.15, 0.2) is 48.6 Å². The second-order valence-corrected chi connectivity index (χ2v) is 15.5. The lowest BCUT2D eigenvalue weighted by atomic mass is 10.1. The molecule has 4 N–H and O–H groups in total. The van der Waals surface area contributed by atoms with Gasteiger partial charge in [-0.2, -0.15) is 0 Å². The van der Waals surface area contributed by atoms with E-state index in [1.165, 1.54) is 77.0 Å². The van der Waals surface area contributed by atoms with Gasteiger partial charge in [0, 0.05) is 13.0 Å². The summed E-state index contributed by atoms with van der Waals surface area (Å²) in [5.41, 5.74) is 5.35. The first-order valence-electron chi connectivity index (χ1n) is 21.2. The number of ether oxygens (including phenoxy) is 2. The van der Waals surface area contributed by atoms with Crippen LogP contribution in [-0.2, 0) is 32.7 Å². The van der Waals surface area contributed by atoms with Crippen LogP contribution in [0.5, 0.6) is 0 Å². The van der Waals surface area contributed by atoms with Gasteiger partial charge < -0.3 is 25.2 Å². The summed E-state index contributed by atoms with van der Waals surface area (Å²) >= 11 is 0. The standard InChI is InChI=1S/C43H78NO9P/c1-3-5-7-9-11-13-15-17-19-20-21-23-25-27-29-31-33-35-42(45)53-40(38-51-54(48,49)52-39-41(44)43(46)47)37-50-36-34-32-30-28-26-24-22-18-16-14-12-10-8-6-4-2/h5,7,11,13,16-19,40-41H,3-4,6,8-10,12,14-15,20-39,44H2,1-2H3,(H,46,47)(H,48,49)/b7-5-,13-11-,18-16-,19-17-. The lowest BCUT2D eigenvalue weighted by Gasteiger charge is -2.20. The normalized spacial score (nSPS) is 14.4. The zero-order valence-electron chi connectivity index (χ0n) is 34.1. The quantitative estimate of drug-likeness (QED) is 0.0237. The van der Waals surface area contributed by atoms with E-state index in [-0.39, 0.29) is 13.0 Å². The largest absolute Gasteiger partial charge is 0.480 e. The minimum Gasteiger partial charge on any atom is -0.480 e. The molecule has 54 heavy (non-hydrogen) atoms. The maximum absolute atomic E-state index is 12.6. The van der Waals surface area contributed by atoms with Crippen LogP contribution in [0.4, 0.5) is 0 Å². The average Bonchev–Trinajstić information content (AvgIpc) is 3.15. The molecule has 0 spiro atoms. The number of phosphoric acid groups is 1. The predicted octanol–water partition coefficient (Wildman–Crippen LogP) is 11.5. The molecule has 0 aliphatic carbocycles. The Bertz CT molecular complexity index is 1050. The molecule has 0 aromatic rings. The first kappa shape index (κ1) is 51.9. The highest BCUT2D eigenvalue weighted by Gasteiger charge is 2.27. The maximum atomic E-state index is 12.6. The minimum atomic E-state index is -4.62. The molecule has 10 nitrogen and oxygen atoms in total. The van der Waals surface area contributed by atoms with Crippen molar-refractivity contribution in [2.75, 3.05) is 26.4 Å². The molecule has 0 saturated carbocycles. The van der Waals surface area contributed by atoms with E-state index in [9.17, 15) is 19.0 Å². The van der Waals surface area contributed by atoms with E-state index in [1.54, 1.807) is 0 Å². The van der Waals surface area contributed by atoms with Crippen molar-refractivity contribution in [1.29, 1.82) is 0 Å². The molecule has 0 aliphatic rings. The maximum Gasteiger partial charge on any atom is 0.472 e. The highest BCUT2D eigenvalue weighted by atomic mass is 31.2. The molecule has 3 unspecified atom stereocenters. The number of esters is 1. The van der Waals surface area contributed by atoms with Crippen molar-refractivity contribution < 1.29 is 42.7 Å². The molecule has 0 bridgehead atoms. The van der Waals surface area contributed by atoms with Crippen molar-refractivity contribution in [2.45, 2.75) is 187 Å². The van der Waals surface area contributed by atoms with Crippen LogP contribution in [0.2, 0.25) is 0 Å². The summed E-state index contributed by atoms with van der Waals surface area (Å²) < 4.78 is 33.3. The number of hydrogen-bond acceptors (Lipinski definition) is 8. The van der Waals surface area contributed by atoms with E-state index in [4.69, 9.17) is 29.4 Å². The lowest BCUT2D eigenvalue weighted by Crippen LogP contribution is -2.34. The third kappa shape index (κ3) is 38.2. The van der Waals surface area contributed by atoms with Crippen LogP contribution in [0.3, 0.4) is 0 Å². The molecule has 3 atom stereocenters. The van der Waals surface area contributed by atoms with Gasteiger partial charge in [0.1, 0.15) is 12.1 Å². The highest BCUT2D eigenvalue weighted by molar-refractivity contribution is 7.47. The number of carbonyl (C=O) groups excluding carboxylic acids is 1. The molecule has 0 heterocycles. The SMILES string of the molecule is CC/C=C\C/C=C\C/C=C\CCCCCCCCCC(=O)OC(COCCCCCCCC/C=C\CCCCCCC)COP(=O)(O)OCC(N)C(=O)O. The molecule has 0 aromatic carbocycles. The summed E-state index contributed by atoms with van der Waals surface area (Å²) in [5, 5.41) is 8.89. The van der Waals surface area contributed by atoms with E-state index in [0.717, 1.165) is 70.6 Å². The number of hydrogen-bond donors (Lipinski definition) is 3. The number of nitrogens with two attached hydrogens (primary N) is 1. The van der Waals surface area contributed by atoms with E-state index >= 15 is 0 Å². The summed E-state index contributed by atoms with van der Waals surface area (Å²) in [6, 6.07) is -1.48. The van der Waals surface area contributed by atoms with Crippen molar-refractivity contribution in [3.8, 4) is 0 Å². The van der Waals surface area contributed by atoms with Gasteiger partial charge in [0.25, 0.3) is 0 Å². The van der Waals surface area contributed by atoms with E-state index in [1.807, 2.05) is 0 Å².